The lowest BCUT2D eigenvalue weighted by Crippen LogP contribution is -2.44. The van der Waals surface area contributed by atoms with Crippen molar-refractivity contribution < 1.29 is 18.7 Å². The number of amides is 1. The first kappa shape index (κ1) is 20.3. The van der Waals surface area contributed by atoms with E-state index in [1.165, 1.54) is 12.1 Å². The Morgan fingerprint density at radius 1 is 1.22 bits per heavy atom. The number of carbonyl (C=O) groups is 1. The maximum atomic E-state index is 13.4. The molecule has 1 amide bonds. The second kappa shape index (κ2) is 8.27. The van der Waals surface area contributed by atoms with Gasteiger partial charge in [0.2, 0.25) is 0 Å². The number of ether oxygens (including phenoxy) is 2. The van der Waals surface area contributed by atoms with Gasteiger partial charge in [0.25, 0.3) is 5.91 Å². The third-order valence-electron chi connectivity index (χ3n) is 6.04. The van der Waals surface area contributed by atoms with Crippen LogP contribution in [0.5, 0.6) is 0 Å². The van der Waals surface area contributed by atoms with Gasteiger partial charge in [-0.25, -0.2) is 4.39 Å². The van der Waals surface area contributed by atoms with Gasteiger partial charge >= 0.3 is 0 Å². The van der Waals surface area contributed by atoms with Crippen LogP contribution in [0.15, 0.2) is 24.3 Å². The van der Waals surface area contributed by atoms with Gasteiger partial charge in [-0.3, -0.25) is 4.79 Å². The van der Waals surface area contributed by atoms with E-state index in [-0.39, 0.29) is 23.2 Å². The highest BCUT2D eigenvalue weighted by atomic mass is 19.1. The van der Waals surface area contributed by atoms with Crippen molar-refractivity contribution in [2.75, 3.05) is 19.8 Å². The number of rotatable bonds is 6. The lowest BCUT2D eigenvalue weighted by Gasteiger charge is -2.39. The van der Waals surface area contributed by atoms with E-state index in [2.05, 4.69) is 19.2 Å². The molecular formula is C22H32FNO3. The van der Waals surface area contributed by atoms with Gasteiger partial charge in [0.1, 0.15) is 11.4 Å². The number of halogens is 1. The van der Waals surface area contributed by atoms with Crippen LogP contribution in [-0.2, 0) is 14.3 Å². The number of benzene rings is 1. The molecule has 3 atom stereocenters. The van der Waals surface area contributed by atoms with Crippen LogP contribution >= 0.6 is 0 Å². The smallest absolute Gasteiger partial charge is 0.251 e. The zero-order valence-corrected chi connectivity index (χ0v) is 16.7. The van der Waals surface area contributed by atoms with Gasteiger partial charge in [-0.2, -0.15) is 0 Å². The molecule has 0 radical (unpaired) electrons. The Balaban J connectivity index is 1.66. The SMILES string of the molecule is CC1(C)C[C@H]([C@@H](CCNC(=O)[C@]2(C)CCCO2)c2ccc(F)cc2)CCO1. The van der Waals surface area contributed by atoms with Crippen molar-refractivity contribution in [2.45, 2.75) is 70.0 Å². The van der Waals surface area contributed by atoms with Gasteiger partial charge in [0, 0.05) is 19.8 Å². The number of carbonyl (C=O) groups excluding carboxylic acids is 1. The summed E-state index contributed by atoms with van der Waals surface area (Å²) < 4.78 is 24.9. The average molecular weight is 378 g/mol. The normalized spacial score (nSPS) is 28.7. The number of nitrogens with one attached hydrogen (secondary N) is 1. The van der Waals surface area contributed by atoms with Crippen molar-refractivity contribution in [3.05, 3.63) is 35.6 Å². The minimum Gasteiger partial charge on any atom is -0.376 e. The molecule has 2 fully saturated rings. The summed E-state index contributed by atoms with van der Waals surface area (Å²) in [5, 5.41) is 3.07. The second-order valence-electron chi connectivity index (χ2n) is 8.75. The van der Waals surface area contributed by atoms with E-state index in [9.17, 15) is 9.18 Å². The highest BCUT2D eigenvalue weighted by molar-refractivity contribution is 5.84. The van der Waals surface area contributed by atoms with E-state index in [1.807, 2.05) is 19.1 Å². The Kier molecular flexibility index (Phi) is 6.21. The zero-order chi connectivity index (χ0) is 19.5. The molecule has 2 heterocycles. The molecule has 0 saturated carbocycles. The van der Waals surface area contributed by atoms with Gasteiger partial charge < -0.3 is 14.8 Å². The summed E-state index contributed by atoms with van der Waals surface area (Å²) in [6.07, 6.45) is 4.48. The molecule has 0 aromatic heterocycles. The van der Waals surface area contributed by atoms with Gasteiger partial charge in [0.15, 0.2) is 0 Å². The van der Waals surface area contributed by atoms with Crippen molar-refractivity contribution in [3.8, 4) is 0 Å². The third-order valence-corrected chi connectivity index (χ3v) is 6.04. The zero-order valence-electron chi connectivity index (χ0n) is 16.7. The maximum Gasteiger partial charge on any atom is 0.251 e. The lowest BCUT2D eigenvalue weighted by molar-refractivity contribution is -0.139. The predicted molar refractivity (Wildman–Crippen MR) is 103 cm³/mol. The fraction of sp³-hybridized carbons (Fsp3) is 0.682. The first-order chi connectivity index (χ1) is 12.8. The van der Waals surface area contributed by atoms with Crippen LogP contribution in [0.1, 0.15) is 64.4 Å². The van der Waals surface area contributed by atoms with E-state index in [4.69, 9.17) is 9.47 Å². The molecule has 2 aliphatic heterocycles. The summed E-state index contributed by atoms with van der Waals surface area (Å²) >= 11 is 0. The molecule has 0 aliphatic carbocycles. The molecule has 27 heavy (non-hydrogen) atoms. The Hall–Kier alpha value is -1.46. The fourth-order valence-electron chi connectivity index (χ4n) is 4.49. The van der Waals surface area contributed by atoms with Crippen molar-refractivity contribution in [3.63, 3.8) is 0 Å². The Labute approximate surface area is 161 Å². The summed E-state index contributed by atoms with van der Waals surface area (Å²) in [6.45, 7) is 8.11. The van der Waals surface area contributed by atoms with Gasteiger partial charge in [-0.15, -0.1) is 0 Å². The molecule has 0 spiro atoms. The van der Waals surface area contributed by atoms with Gasteiger partial charge in [0.05, 0.1) is 5.60 Å². The molecule has 2 aliphatic rings. The topological polar surface area (TPSA) is 47.6 Å². The van der Waals surface area contributed by atoms with E-state index in [1.54, 1.807) is 0 Å². The van der Waals surface area contributed by atoms with Crippen LogP contribution < -0.4 is 5.32 Å². The molecule has 4 nitrogen and oxygen atoms in total. The van der Waals surface area contributed by atoms with Crippen molar-refractivity contribution >= 4 is 5.91 Å². The third kappa shape index (κ3) is 5.08. The van der Waals surface area contributed by atoms with Gasteiger partial charge in [-0.1, -0.05) is 12.1 Å². The summed E-state index contributed by atoms with van der Waals surface area (Å²) in [4.78, 5) is 12.5. The van der Waals surface area contributed by atoms with Crippen molar-refractivity contribution in [2.24, 2.45) is 5.92 Å². The molecule has 3 rings (SSSR count). The maximum absolute atomic E-state index is 13.4. The van der Waals surface area contributed by atoms with Crippen LogP contribution in [0.25, 0.3) is 0 Å². The Morgan fingerprint density at radius 2 is 1.96 bits per heavy atom. The molecule has 1 N–H and O–H groups in total. The van der Waals surface area contributed by atoms with Crippen molar-refractivity contribution in [1.82, 2.24) is 5.32 Å². The summed E-state index contributed by atoms with van der Waals surface area (Å²) in [7, 11) is 0. The molecule has 0 unspecified atom stereocenters. The van der Waals surface area contributed by atoms with Crippen LogP contribution in [0, 0.1) is 11.7 Å². The molecule has 1 aromatic carbocycles. The standard InChI is InChI=1S/C22H32FNO3/c1-21(2)15-17(10-14-26-21)19(16-5-7-18(23)8-6-16)9-12-24-20(25)22(3)11-4-13-27-22/h5-8,17,19H,4,9-15H2,1-3H3,(H,24,25)/t17-,19+,22+/m1/s1. The van der Waals surface area contributed by atoms with Crippen molar-refractivity contribution in [1.29, 1.82) is 0 Å². The van der Waals surface area contributed by atoms with E-state index in [0.717, 1.165) is 44.3 Å². The number of hydrogen-bond donors (Lipinski definition) is 1. The molecular weight excluding hydrogens is 345 g/mol. The first-order valence-electron chi connectivity index (χ1n) is 10.1. The lowest BCUT2D eigenvalue weighted by atomic mass is 9.75. The van der Waals surface area contributed by atoms with E-state index < -0.39 is 5.60 Å². The predicted octanol–water partition coefficient (Wildman–Crippen LogP) is 4.19. The van der Waals surface area contributed by atoms with Crippen LogP contribution in [-0.4, -0.2) is 36.9 Å². The first-order valence-corrected chi connectivity index (χ1v) is 10.1. The quantitative estimate of drug-likeness (QED) is 0.809. The van der Waals surface area contributed by atoms with E-state index in [0.29, 0.717) is 19.1 Å². The van der Waals surface area contributed by atoms with Crippen LogP contribution in [0.3, 0.4) is 0 Å². The van der Waals surface area contributed by atoms with Crippen LogP contribution in [0.2, 0.25) is 0 Å². The molecule has 150 valence electrons. The second-order valence-corrected chi connectivity index (χ2v) is 8.75. The van der Waals surface area contributed by atoms with Crippen LogP contribution in [0.4, 0.5) is 4.39 Å². The minimum atomic E-state index is -0.688. The number of hydrogen-bond acceptors (Lipinski definition) is 3. The summed E-state index contributed by atoms with van der Waals surface area (Å²) in [6, 6.07) is 6.81. The summed E-state index contributed by atoms with van der Waals surface area (Å²) in [5.74, 6) is 0.482. The average Bonchev–Trinajstić information content (AvgIpc) is 3.07. The molecule has 1 aromatic rings. The van der Waals surface area contributed by atoms with E-state index >= 15 is 0 Å². The minimum absolute atomic E-state index is 0.0230. The highest BCUT2D eigenvalue weighted by Crippen LogP contribution is 2.40. The monoisotopic (exact) mass is 377 g/mol. The van der Waals surface area contributed by atoms with Gasteiger partial charge in [-0.05, 0) is 82.4 Å². The fourth-order valence-corrected chi connectivity index (χ4v) is 4.49. The largest absolute Gasteiger partial charge is 0.376 e. The molecule has 5 heteroatoms. The molecule has 0 bridgehead atoms. The Bertz CT molecular complexity index is 637. The summed E-state index contributed by atoms with van der Waals surface area (Å²) in [5.41, 5.74) is 0.304. The highest BCUT2D eigenvalue weighted by Gasteiger charge is 2.38. The Morgan fingerprint density at radius 3 is 2.59 bits per heavy atom. The molecule has 2 saturated heterocycles.